The maximum atomic E-state index is 2.57. The van der Waals surface area contributed by atoms with Gasteiger partial charge < -0.3 is 0 Å². The SMILES string of the molecule is PPP.[Ru]. The normalized spacial score (nSPS) is 4.50. The maximum Gasteiger partial charge on any atom is 0 e. The molecule has 0 saturated carbocycles. The predicted molar refractivity (Wildman–Crippen MR) is 27.7 cm³/mol. The summed E-state index contributed by atoms with van der Waals surface area (Å²) in [6.07, 6.45) is 0. The molecule has 0 fully saturated rings. The third-order valence-electron chi connectivity index (χ3n) is 0. The molecule has 4 heteroatoms. The van der Waals surface area contributed by atoms with Gasteiger partial charge in [0, 0.05) is 19.5 Å². The predicted octanol–water partition coefficient (Wildman–Crippen LogP) is 1.24. The first kappa shape index (κ1) is 9.32. The fourth-order valence-electron chi connectivity index (χ4n) is 0. The van der Waals surface area contributed by atoms with Crippen LogP contribution in [0.4, 0.5) is 0 Å². The van der Waals surface area contributed by atoms with Crippen molar-refractivity contribution in [1.82, 2.24) is 0 Å². The van der Waals surface area contributed by atoms with Crippen LogP contribution >= 0.6 is 25.8 Å². The van der Waals surface area contributed by atoms with Gasteiger partial charge in [-0.15, -0.1) is 17.9 Å². The zero-order chi connectivity index (χ0) is 2.71. The standard InChI is InChI=1S/H5P3.Ru/c1-3-2;/h3H,1-2H2;. The first-order valence-corrected chi connectivity index (χ1v) is 5.20. The molecular formula is H5P3Ru. The van der Waals surface area contributed by atoms with Crippen LogP contribution in [0.15, 0.2) is 0 Å². The van der Waals surface area contributed by atoms with E-state index < -0.39 is 0 Å². The zero-order valence-corrected chi connectivity index (χ0v) is 7.06. The van der Waals surface area contributed by atoms with Crippen molar-refractivity contribution in [2.24, 2.45) is 0 Å². The van der Waals surface area contributed by atoms with Crippen molar-refractivity contribution in [3.05, 3.63) is 0 Å². The molecule has 0 rings (SSSR count). The van der Waals surface area contributed by atoms with E-state index >= 15 is 0 Å². The van der Waals surface area contributed by atoms with E-state index in [0.29, 0.717) is 0 Å². The first-order valence-electron chi connectivity index (χ1n) is 0.577. The van der Waals surface area contributed by atoms with Crippen LogP contribution in [0.1, 0.15) is 0 Å². The average Bonchev–Trinajstić information content (AvgIpc) is 0.918. The van der Waals surface area contributed by atoms with E-state index in [-0.39, 0.29) is 19.5 Å². The van der Waals surface area contributed by atoms with Gasteiger partial charge in [-0.05, 0) is 0 Å². The van der Waals surface area contributed by atoms with Crippen molar-refractivity contribution >= 4 is 25.8 Å². The zero-order valence-electron chi connectivity index (χ0n) is 2.01. The van der Waals surface area contributed by atoms with E-state index in [4.69, 9.17) is 0 Å². The van der Waals surface area contributed by atoms with E-state index in [1.54, 1.807) is 0 Å². The Labute approximate surface area is 45.6 Å². The quantitative estimate of drug-likeness (QED) is 0.406. The number of hydrogen-bond acceptors (Lipinski definition) is 0. The summed E-state index contributed by atoms with van der Waals surface area (Å²) in [5.41, 5.74) is 0. The van der Waals surface area contributed by atoms with Crippen LogP contribution in [0.3, 0.4) is 0 Å². The van der Waals surface area contributed by atoms with Crippen molar-refractivity contribution < 1.29 is 19.5 Å². The Hall–Kier alpha value is 1.91. The molecule has 0 aromatic heterocycles. The molecule has 2 unspecified atom stereocenters. The second-order valence-electron chi connectivity index (χ2n) is 0.167. The Morgan fingerprint density at radius 1 is 1.25 bits per heavy atom. The molecule has 0 aliphatic carbocycles. The molecule has 0 saturated heterocycles. The molecule has 0 aromatic rings. The number of hydrogen-bond donors (Lipinski definition) is 0. The average molecular weight is 199 g/mol. The summed E-state index contributed by atoms with van der Waals surface area (Å²) in [6.45, 7) is 0. The summed E-state index contributed by atoms with van der Waals surface area (Å²) >= 11 is 0. The molecule has 0 aromatic carbocycles. The summed E-state index contributed by atoms with van der Waals surface area (Å²) in [6, 6.07) is 0. The Morgan fingerprint density at radius 2 is 1.25 bits per heavy atom. The van der Waals surface area contributed by atoms with Crippen molar-refractivity contribution in [2.75, 3.05) is 0 Å². The van der Waals surface area contributed by atoms with Crippen LogP contribution in [0.5, 0.6) is 0 Å². The topological polar surface area (TPSA) is 0 Å². The maximum absolute atomic E-state index is 2.57. The van der Waals surface area contributed by atoms with Gasteiger partial charge >= 0.3 is 0 Å². The minimum absolute atomic E-state index is 0. The van der Waals surface area contributed by atoms with Crippen LogP contribution in [0.2, 0.25) is 0 Å². The molecular weight excluding hydrogens is 194 g/mol. The molecule has 4 heavy (non-hydrogen) atoms. The largest absolute Gasteiger partial charge is 0.110 e. The minimum Gasteiger partial charge on any atom is -0.110 e. The second-order valence-corrected chi connectivity index (χ2v) is 4.50. The van der Waals surface area contributed by atoms with Crippen molar-refractivity contribution in [2.45, 2.75) is 0 Å². The van der Waals surface area contributed by atoms with Gasteiger partial charge in [0.05, 0.1) is 0 Å². The molecule has 0 spiro atoms. The number of rotatable bonds is 0. The second kappa shape index (κ2) is 8.87. The molecule has 28 valence electrons. The van der Waals surface area contributed by atoms with Gasteiger partial charge in [0.25, 0.3) is 0 Å². The van der Waals surface area contributed by atoms with Gasteiger partial charge in [0.15, 0.2) is 0 Å². The summed E-state index contributed by atoms with van der Waals surface area (Å²) in [5, 5.41) is 0. The van der Waals surface area contributed by atoms with Crippen molar-refractivity contribution in [1.29, 1.82) is 0 Å². The fraction of sp³-hybridized carbons (Fsp3) is 0. The minimum atomic E-state index is 0. The molecule has 0 bridgehead atoms. The van der Waals surface area contributed by atoms with Crippen LogP contribution in [-0.4, -0.2) is 0 Å². The monoisotopic (exact) mass is 200 g/mol. The van der Waals surface area contributed by atoms with Gasteiger partial charge in [0.1, 0.15) is 0 Å². The Kier molecular flexibility index (Phi) is 20.7. The molecule has 0 N–H and O–H groups in total. The van der Waals surface area contributed by atoms with E-state index in [1.165, 1.54) is 0 Å². The Bertz CT molecular complexity index is 3.25. The van der Waals surface area contributed by atoms with Crippen LogP contribution < -0.4 is 0 Å². The van der Waals surface area contributed by atoms with E-state index in [2.05, 4.69) is 17.9 Å². The van der Waals surface area contributed by atoms with Gasteiger partial charge in [-0.3, -0.25) is 0 Å². The van der Waals surface area contributed by atoms with Gasteiger partial charge in [-0.2, -0.15) is 0 Å². The fourth-order valence-corrected chi connectivity index (χ4v) is 0. The summed E-state index contributed by atoms with van der Waals surface area (Å²) in [5.74, 6) is 0. The van der Waals surface area contributed by atoms with E-state index in [1.807, 2.05) is 0 Å². The van der Waals surface area contributed by atoms with Crippen LogP contribution in [-0.2, 0) is 19.5 Å². The van der Waals surface area contributed by atoms with Gasteiger partial charge in [-0.25, -0.2) is 0 Å². The molecule has 0 radical (unpaired) electrons. The molecule has 0 aliphatic heterocycles. The third kappa shape index (κ3) is 9.07. The Morgan fingerprint density at radius 3 is 1.25 bits per heavy atom. The summed E-state index contributed by atoms with van der Waals surface area (Å²) < 4.78 is 0. The van der Waals surface area contributed by atoms with Crippen molar-refractivity contribution in [3.8, 4) is 0 Å². The summed E-state index contributed by atoms with van der Waals surface area (Å²) in [4.78, 5) is 0. The molecule has 2 atom stereocenters. The molecule has 0 nitrogen and oxygen atoms in total. The Balaban J connectivity index is 0. The van der Waals surface area contributed by atoms with Gasteiger partial charge in [0.2, 0.25) is 0 Å². The van der Waals surface area contributed by atoms with Crippen LogP contribution in [0.25, 0.3) is 0 Å². The molecule has 0 heterocycles. The summed E-state index contributed by atoms with van der Waals surface area (Å²) in [7, 11) is 6.06. The van der Waals surface area contributed by atoms with Crippen molar-refractivity contribution in [3.63, 3.8) is 0 Å². The van der Waals surface area contributed by atoms with Crippen LogP contribution in [0, 0.1) is 0 Å². The molecule has 0 amide bonds. The first-order chi connectivity index (χ1) is 1.41. The molecule has 0 aliphatic rings. The van der Waals surface area contributed by atoms with E-state index in [0.717, 1.165) is 7.96 Å². The van der Waals surface area contributed by atoms with E-state index in [9.17, 15) is 0 Å². The smallest absolute Gasteiger partial charge is 0 e. The van der Waals surface area contributed by atoms with Gasteiger partial charge in [-0.1, -0.05) is 7.96 Å². The third-order valence-corrected chi connectivity index (χ3v) is 0.